The van der Waals surface area contributed by atoms with Gasteiger partial charge in [0, 0.05) is 28.0 Å². The number of benzene rings is 2. The van der Waals surface area contributed by atoms with Crippen LogP contribution in [0, 0.1) is 5.82 Å². The number of allylic oxidation sites excluding steroid dienone is 2. The van der Waals surface area contributed by atoms with E-state index in [9.17, 15) is 13.4 Å². The van der Waals surface area contributed by atoms with E-state index in [-0.39, 0.29) is 18.1 Å². The molecule has 3 nitrogen and oxygen atoms in total. The van der Waals surface area contributed by atoms with Crippen LogP contribution in [0.4, 0.5) is 4.39 Å². The largest absolute Gasteiger partial charge is 0.353 e. The Morgan fingerprint density at radius 2 is 1.89 bits per heavy atom. The van der Waals surface area contributed by atoms with Crippen LogP contribution < -0.4 is 5.32 Å². The summed E-state index contributed by atoms with van der Waals surface area (Å²) < 4.78 is 25.5. The van der Waals surface area contributed by atoms with Crippen LogP contribution >= 0.6 is 0 Å². The molecule has 0 bridgehead atoms. The van der Waals surface area contributed by atoms with Gasteiger partial charge in [-0.15, -0.1) is 0 Å². The molecule has 5 heteroatoms. The summed E-state index contributed by atoms with van der Waals surface area (Å²) in [5.41, 5.74) is 5.58. The van der Waals surface area contributed by atoms with E-state index in [4.69, 9.17) is 0 Å². The third-order valence-corrected chi connectivity index (χ3v) is 6.19. The Labute approximate surface area is 166 Å². The third-order valence-electron chi connectivity index (χ3n) is 5.26. The molecule has 1 fully saturated rings. The maximum atomic E-state index is 13.9. The Kier molecular flexibility index (Phi) is 5.02. The van der Waals surface area contributed by atoms with Gasteiger partial charge in [-0.3, -0.25) is 9.00 Å². The molecule has 0 aromatic heterocycles. The van der Waals surface area contributed by atoms with Gasteiger partial charge in [0.05, 0.1) is 6.42 Å². The molecular formula is C23H22FNO2S. The number of amides is 1. The van der Waals surface area contributed by atoms with E-state index in [0.29, 0.717) is 6.04 Å². The van der Waals surface area contributed by atoms with E-state index < -0.39 is 10.8 Å². The van der Waals surface area contributed by atoms with Crippen LogP contribution in [0.2, 0.25) is 0 Å². The van der Waals surface area contributed by atoms with Gasteiger partial charge in [0.25, 0.3) is 0 Å². The molecule has 0 saturated heterocycles. The first-order chi connectivity index (χ1) is 13.4. The van der Waals surface area contributed by atoms with Gasteiger partial charge >= 0.3 is 0 Å². The van der Waals surface area contributed by atoms with Crippen LogP contribution in [0.25, 0.3) is 17.2 Å². The van der Waals surface area contributed by atoms with Crippen LogP contribution in [0.5, 0.6) is 0 Å². The summed E-state index contributed by atoms with van der Waals surface area (Å²) in [7, 11) is -1.02. The zero-order valence-electron chi connectivity index (χ0n) is 15.9. The molecule has 4 rings (SSSR count). The topological polar surface area (TPSA) is 46.2 Å². The maximum Gasteiger partial charge on any atom is 0.224 e. The number of carbonyl (C=O) groups is 1. The molecule has 2 aromatic carbocycles. The number of hydrogen-bond acceptors (Lipinski definition) is 2. The van der Waals surface area contributed by atoms with Gasteiger partial charge in [-0.2, -0.15) is 0 Å². The number of rotatable bonds is 5. The minimum atomic E-state index is -1.02. The van der Waals surface area contributed by atoms with Crippen molar-refractivity contribution in [2.24, 2.45) is 0 Å². The molecule has 1 unspecified atom stereocenters. The van der Waals surface area contributed by atoms with Crippen molar-refractivity contribution >= 4 is 33.9 Å². The number of halogens is 1. The molecule has 1 amide bonds. The third kappa shape index (κ3) is 3.85. The van der Waals surface area contributed by atoms with Crippen LogP contribution in [0.15, 0.2) is 52.9 Å². The second-order valence-electron chi connectivity index (χ2n) is 7.39. The first-order valence-corrected chi connectivity index (χ1v) is 10.9. The van der Waals surface area contributed by atoms with E-state index in [0.717, 1.165) is 51.1 Å². The van der Waals surface area contributed by atoms with Crippen molar-refractivity contribution < 1.29 is 13.4 Å². The average Bonchev–Trinajstić information content (AvgIpc) is 3.44. The Bertz CT molecular complexity index is 1030. The molecule has 144 valence electrons. The summed E-state index contributed by atoms with van der Waals surface area (Å²) in [6.45, 7) is 1.99. The lowest BCUT2D eigenvalue weighted by atomic mass is 10.0. The second-order valence-corrected chi connectivity index (χ2v) is 8.77. The van der Waals surface area contributed by atoms with Gasteiger partial charge in [0.1, 0.15) is 5.82 Å². The molecule has 0 heterocycles. The first kappa shape index (κ1) is 18.8. The lowest BCUT2D eigenvalue weighted by molar-refractivity contribution is -0.120. The van der Waals surface area contributed by atoms with Crippen LogP contribution in [0.3, 0.4) is 0 Å². The van der Waals surface area contributed by atoms with Gasteiger partial charge < -0.3 is 5.32 Å². The molecule has 0 spiro atoms. The highest BCUT2D eigenvalue weighted by atomic mass is 32.2. The Balaban J connectivity index is 1.71. The van der Waals surface area contributed by atoms with E-state index in [2.05, 4.69) is 5.32 Å². The number of nitrogens with one attached hydrogen (secondary N) is 1. The zero-order valence-corrected chi connectivity index (χ0v) is 16.7. The number of carbonyl (C=O) groups excluding carboxylic acids is 1. The number of hydrogen-bond donors (Lipinski definition) is 1. The Morgan fingerprint density at radius 3 is 2.54 bits per heavy atom. The lowest BCUT2D eigenvalue weighted by Gasteiger charge is -2.07. The van der Waals surface area contributed by atoms with Gasteiger partial charge in [0.2, 0.25) is 5.91 Å². The molecular weight excluding hydrogens is 373 g/mol. The van der Waals surface area contributed by atoms with Gasteiger partial charge in [-0.1, -0.05) is 18.2 Å². The van der Waals surface area contributed by atoms with E-state index in [1.165, 1.54) is 12.1 Å². The van der Waals surface area contributed by atoms with Crippen molar-refractivity contribution in [2.45, 2.75) is 37.1 Å². The predicted molar refractivity (Wildman–Crippen MR) is 111 cm³/mol. The summed E-state index contributed by atoms with van der Waals surface area (Å²) in [6, 6.07) is 12.6. The molecule has 28 heavy (non-hydrogen) atoms. The minimum Gasteiger partial charge on any atom is -0.353 e. The lowest BCUT2D eigenvalue weighted by Crippen LogP contribution is -2.25. The monoisotopic (exact) mass is 395 g/mol. The molecule has 0 radical (unpaired) electrons. The fourth-order valence-electron chi connectivity index (χ4n) is 3.57. The van der Waals surface area contributed by atoms with Crippen molar-refractivity contribution in [1.82, 2.24) is 5.32 Å². The Morgan fingerprint density at radius 1 is 1.18 bits per heavy atom. The predicted octanol–water partition coefficient (Wildman–Crippen LogP) is 4.56. The van der Waals surface area contributed by atoms with Gasteiger partial charge in [-0.25, -0.2) is 4.39 Å². The summed E-state index contributed by atoms with van der Waals surface area (Å²) in [4.78, 5) is 13.1. The van der Waals surface area contributed by atoms with Gasteiger partial charge in [-0.05, 0) is 83.5 Å². The molecule has 2 aliphatic carbocycles. The molecule has 1 saturated carbocycles. The molecule has 1 atom stereocenters. The van der Waals surface area contributed by atoms with Crippen molar-refractivity contribution in [1.29, 1.82) is 0 Å². The van der Waals surface area contributed by atoms with E-state index >= 15 is 0 Å². The highest BCUT2D eigenvalue weighted by molar-refractivity contribution is 7.84. The molecule has 0 aliphatic heterocycles. The maximum absolute atomic E-state index is 13.9. The second kappa shape index (κ2) is 7.47. The van der Waals surface area contributed by atoms with Crippen LogP contribution in [0.1, 0.15) is 42.9 Å². The number of fused-ring (bicyclic) bond motifs is 1. The Hall–Kier alpha value is -2.53. The van der Waals surface area contributed by atoms with Crippen molar-refractivity contribution in [2.75, 3.05) is 6.26 Å². The smallest absolute Gasteiger partial charge is 0.224 e. The van der Waals surface area contributed by atoms with E-state index in [1.807, 2.05) is 37.3 Å². The standard InChI is InChI=1S/C23H22FNO2S/c1-14-20(11-15-3-8-18(9-4-15)28(2)27)19-10-5-16(24)12-22(19)21(14)13-23(26)25-17-6-7-17/h3-5,8-12,17H,6-7,13H2,1-2H3,(H,25,26). The fraction of sp³-hybridized carbons (Fsp3) is 0.261. The van der Waals surface area contributed by atoms with Crippen LogP contribution in [-0.4, -0.2) is 22.4 Å². The highest BCUT2D eigenvalue weighted by Crippen LogP contribution is 2.44. The van der Waals surface area contributed by atoms with Crippen LogP contribution in [-0.2, 0) is 15.6 Å². The molecule has 1 N–H and O–H groups in total. The first-order valence-electron chi connectivity index (χ1n) is 9.37. The SMILES string of the molecule is CC1=C(CC(=O)NC2CC2)c2cc(F)ccc2C1=Cc1ccc(S(C)=O)cc1. The molecule has 2 aromatic rings. The highest BCUT2D eigenvalue weighted by Gasteiger charge is 2.28. The summed E-state index contributed by atoms with van der Waals surface area (Å²) in [6.07, 6.45) is 6.03. The zero-order chi connectivity index (χ0) is 19.8. The quantitative estimate of drug-likeness (QED) is 0.807. The molecule has 2 aliphatic rings. The van der Waals surface area contributed by atoms with Crippen molar-refractivity contribution in [3.8, 4) is 0 Å². The average molecular weight is 395 g/mol. The summed E-state index contributed by atoms with van der Waals surface area (Å²) >= 11 is 0. The summed E-state index contributed by atoms with van der Waals surface area (Å²) in [5, 5.41) is 3.01. The normalized spacial score (nSPS) is 18.3. The minimum absolute atomic E-state index is 0.0110. The van der Waals surface area contributed by atoms with E-state index in [1.54, 1.807) is 12.3 Å². The summed E-state index contributed by atoms with van der Waals surface area (Å²) in [5.74, 6) is -0.314. The fourth-order valence-corrected chi connectivity index (χ4v) is 4.09. The van der Waals surface area contributed by atoms with Gasteiger partial charge in [0.15, 0.2) is 0 Å². The van der Waals surface area contributed by atoms with Crippen molar-refractivity contribution in [3.63, 3.8) is 0 Å². The van der Waals surface area contributed by atoms with Crippen molar-refractivity contribution in [3.05, 3.63) is 70.5 Å².